The second-order valence-electron chi connectivity index (χ2n) is 4.22. The van der Waals surface area contributed by atoms with E-state index in [1.54, 1.807) is 18.0 Å². The molecule has 0 saturated heterocycles. The average molecular weight is 302 g/mol. The average Bonchev–Trinajstić information content (AvgIpc) is 2.47. The van der Waals surface area contributed by atoms with Crippen LogP contribution in [0.1, 0.15) is 0 Å². The van der Waals surface area contributed by atoms with E-state index >= 15 is 0 Å². The van der Waals surface area contributed by atoms with Gasteiger partial charge in [0.05, 0.1) is 5.52 Å². The van der Waals surface area contributed by atoms with Crippen LogP contribution in [0.3, 0.4) is 0 Å². The number of thioether (sulfide) groups is 1. The fraction of sp³-hybridized carbons (Fsp3) is 0.0625. The normalized spacial score (nSPS) is 10.7. The first-order chi connectivity index (χ1) is 9.78. The molecule has 0 radical (unpaired) electrons. The molecule has 0 atom stereocenters. The molecule has 1 heterocycles. The molecule has 4 heteroatoms. The lowest BCUT2D eigenvalue weighted by Crippen LogP contribution is -1.89. The number of benzene rings is 2. The first-order valence-electron chi connectivity index (χ1n) is 6.13. The highest BCUT2D eigenvalue weighted by Crippen LogP contribution is 2.34. The Balaban J connectivity index is 2.07. The Kier molecular flexibility index (Phi) is 3.81. The molecule has 3 rings (SSSR count). The van der Waals surface area contributed by atoms with Gasteiger partial charge in [0.15, 0.2) is 0 Å². The van der Waals surface area contributed by atoms with E-state index in [2.05, 4.69) is 4.98 Å². The summed E-state index contributed by atoms with van der Waals surface area (Å²) in [6.45, 7) is 0. The lowest BCUT2D eigenvalue weighted by atomic mass is 10.2. The van der Waals surface area contributed by atoms with Crippen molar-refractivity contribution in [2.75, 3.05) is 6.26 Å². The van der Waals surface area contributed by atoms with Crippen LogP contribution in [0.15, 0.2) is 59.6 Å². The highest BCUT2D eigenvalue weighted by Gasteiger charge is 2.07. The van der Waals surface area contributed by atoms with Crippen LogP contribution in [-0.2, 0) is 0 Å². The Morgan fingerprint density at radius 2 is 1.90 bits per heavy atom. The quantitative estimate of drug-likeness (QED) is 0.604. The predicted molar refractivity (Wildman–Crippen MR) is 85.1 cm³/mol. The third-order valence-electron chi connectivity index (χ3n) is 2.95. The van der Waals surface area contributed by atoms with Crippen molar-refractivity contribution in [3.05, 3.63) is 59.8 Å². The molecule has 0 aliphatic heterocycles. The molecule has 20 heavy (non-hydrogen) atoms. The summed E-state index contributed by atoms with van der Waals surface area (Å²) < 4.78 is 6.05. The van der Waals surface area contributed by atoms with Gasteiger partial charge in [-0.05, 0) is 42.7 Å². The largest absolute Gasteiger partial charge is 0.455 e. The summed E-state index contributed by atoms with van der Waals surface area (Å²) in [6, 6.07) is 15.5. The zero-order chi connectivity index (χ0) is 13.9. The van der Waals surface area contributed by atoms with Crippen LogP contribution in [0.2, 0.25) is 5.02 Å². The van der Waals surface area contributed by atoms with Gasteiger partial charge in [-0.25, -0.2) is 0 Å². The molecule has 3 aromatic rings. The number of hydrogen-bond acceptors (Lipinski definition) is 3. The molecule has 1 aromatic heterocycles. The summed E-state index contributed by atoms with van der Waals surface area (Å²) in [4.78, 5) is 5.42. The van der Waals surface area contributed by atoms with Gasteiger partial charge in [-0.2, -0.15) is 0 Å². The van der Waals surface area contributed by atoms with Crippen molar-refractivity contribution >= 4 is 34.3 Å². The van der Waals surface area contributed by atoms with Crippen LogP contribution in [-0.4, -0.2) is 11.2 Å². The number of nitrogens with zero attached hydrogens (tertiary/aromatic N) is 1. The molecule has 2 nitrogen and oxygen atoms in total. The SMILES string of the molecule is CSc1ccccc1Oc1ccnc2cc(Cl)ccc12. The number of pyridine rings is 1. The fourth-order valence-electron chi connectivity index (χ4n) is 2.01. The number of fused-ring (bicyclic) bond motifs is 1. The maximum Gasteiger partial charge on any atom is 0.140 e. The predicted octanol–water partition coefficient (Wildman–Crippen LogP) is 5.40. The Morgan fingerprint density at radius 1 is 1.05 bits per heavy atom. The van der Waals surface area contributed by atoms with Gasteiger partial charge >= 0.3 is 0 Å². The second-order valence-corrected chi connectivity index (χ2v) is 5.51. The summed E-state index contributed by atoms with van der Waals surface area (Å²) in [6.07, 6.45) is 3.77. The number of halogens is 1. The second kappa shape index (κ2) is 5.73. The monoisotopic (exact) mass is 301 g/mol. The molecule has 0 fully saturated rings. The Labute approximate surface area is 126 Å². The van der Waals surface area contributed by atoms with E-state index in [1.165, 1.54) is 0 Å². The summed E-state index contributed by atoms with van der Waals surface area (Å²) >= 11 is 7.66. The van der Waals surface area contributed by atoms with E-state index in [-0.39, 0.29) is 0 Å². The zero-order valence-corrected chi connectivity index (χ0v) is 12.4. The lowest BCUT2D eigenvalue weighted by molar-refractivity contribution is 0.476. The van der Waals surface area contributed by atoms with Gasteiger partial charge in [0.2, 0.25) is 0 Å². The van der Waals surface area contributed by atoms with Gasteiger partial charge in [-0.15, -0.1) is 11.8 Å². The molecular weight excluding hydrogens is 290 g/mol. The molecule has 0 spiro atoms. The van der Waals surface area contributed by atoms with E-state index in [0.717, 1.165) is 27.3 Å². The van der Waals surface area contributed by atoms with E-state index in [1.807, 2.05) is 54.8 Å². The molecule has 0 amide bonds. The number of ether oxygens (including phenoxy) is 1. The first-order valence-corrected chi connectivity index (χ1v) is 7.73. The van der Waals surface area contributed by atoms with Crippen LogP contribution < -0.4 is 4.74 Å². The van der Waals surface area contributed by atoms with Crippen molar-refractivity contribution in [1.29, 1.82) is 0 Å². The van der Waals surface area contributed by atoms with Gasteiger partial charge < -0.3 is 4.74 Å². The van der Waals surface area contributed by atoms with E-state index in [9.17, 15) is 0 Å². The summed E-state index contributed by atoms with van der Waals surface area (Å²) in [7, 11) is 0. The summed E-state index contributed by atoms with van der Waals surface area (Å²) in [5.41, 5.74) is 0.830. The van der Waals surface area contributed by atoms with Gasteiger partial charge in [0.25, 0.3) is 0 Å². The van der Waals surface area contributed by atoms with Crippen molar-refractivity contribution < 1.29 is 4.74 Å². The minimum Gasteiger partial charge on any atom is -0.455 e. The van der Waals surface area contributed by atoms with E-state index in [4.69, 9.17) is 16.3 Å². The molecule has 2 aromatic carbocycles. The highest BCUT2D eigenvalue weighted by atomic mass is 35.5. The van der Waals surface area contributed by atoms with E-state index < -0.39 is 0 Å². The van der Waals surface area contributed by atoms with E-state index in [0.29, 0.717) is 5.02 Å². The van der Waals surface area contributed by atoms with Crippen molar-refractivity contribution in [1.82, 2.24) is 4.98 Å². The fourth-order valence-corrected chi connectivity index (χ4v) is 2.70. The third-order valence-corrected chi connectivity index (χ3v) is 3.97. The van der Waals surface area contributed by atoms with Gasteiger partial charge in [-0.3, -0.25) is 4.98 Å². The third kappa shape index (κ3) is 2.60. The Morgan fingerprint density at radius 3 is 2.75 bits per heavy atom. The zero-order valence-electron chi connectivity index (χ0n) is 10.8. The molecule has 0 bridgehead atoms. The minimum atomic E-state index is 0.673. The Hall–Kier alpha value is -1.71. The smallest absolute Gasteiger partial charge is 0.140 e. The summed E-state index contributed by atoms with van der Waals surface area (Å²) in [5, 5.41) is 1.62. The van der Waals surface area contributed by atoms with Crippen LogP contribution in [0.5, 0.6) is 11.5 Å². The lowest BCUT2D eigenvalue weighted by Gasteiger charge is -2.11. The number of para-hydroxylation sites is 1. The number of hydrogen-bond donors (Lipinski definition) is 0. The number of aromatic nitrogens is 1. The van der Waals surface area contributed by atoms with Crippen molar-refractivity contribution in [3.63, 3.8) is 0 Å². The minimum absolute atomic E-state index is 0.673. The van der Waals surface area contributed by atoms with Crippen LogP contribution >= 0.6 is 23.4 Å². The number of rotatable bonds is 3. The molecule has 0 aliphatic rings. The van der Waals surface area contributed by atoms with Crippen LogP contribution in [0.25, 0.3) is 10.9 Å². The summed E-state index contributed by atoms with van der Waals surface area (Å²) in [5.74, 6) is 1.63. The van der Waals surface area contributed by atoms with Gasteiger partial charge in [0, 0.05) is 21.5 Å². The van der Waals surface area contributed by atoms with Gasteiger partial charge in [-0.1, -0.05) is 23.7 Å². The van der Waals surface area contributed by atoms with Crippen molar-refractivity contribution in [2.45, 2.75) is 4.90 Å². The molecule has 100 valence electrons. The van der Waals surface area contributed by atoms with Crippen molar-refractivity contribution in [2.24, 2.45) is 0 Å². The maximum absolute atomic E-state index is 6.05. The van der Waals surface area contributed by atoms with Crippen LogP contribution in [0, 0.1) is 0 Å². The molecule has 0 saturated carbocycles. The highest BCUT2D eigenvalue weighted by molar-refractivity contribution is 7.98. The molecule has 0 unspecified atom stereocenters. The Bertz CT molecular complexity index is 760. The van der Waals surface area contributed by atoms with Crippen LogP contribution in [0.4, 0.5) is 0 Å². The molecule has 0 aliphatic carbocycles. The molecule has 0 N–H and O–H groups in total. The molecular formula is C16H12ClNOS. The first kappa shape index (κ1) is 13.3. The van der Waals surface area contributed by atoms with Gasteiger partial charge in [0.1, 0.15) is 11.5 Å². The van der Waals surface area contributed by atoms with Crippen molar-refractivity contribution in [3.8, 4) is 11.5 Å². The maximum atomic E-state index is 6.05. The standard InChI is InChI=1S/C16H12ClNOS/c1-20-16-5-3-2-4-15(16)19-14-8-9-18-13-10-11(17)6-7-12(13)14/h2-10H,1H3. The topological polar surface area (TPSA) is 22.1 Å².